The summed E-state index contributed by atoms with van der Waals surface area (Å²) in [5.41, 5.74) is 0.586. The normalized spacial score (nSPS) is 23.6. The summed E-state index contributed by atoms with van der Waals surface area (Å²) in [5.74, 6) is 0.350. The second kappa shape index (κ2) is 8.48. The van der Waals surface area contributed by atoms with Crippen molar-refractivity contribution in [1.82, 2.24) is 15.1 Å². The molecule has 136 valence electrons. The first-order valence-electron chi connectivity index (χ1n) is 9.46. The smallest absolute Gasteiger partial charge is 0.251 e. The van der Waals surface area contributed by atoms with Gasteiger partial charge in [-0.25, -0.2) is 0 Å². The molecular formula is C20H29N3O2. The van der Waals surface area contributed by atoms with Crippen LogP contribution in [0.4, 0.5) is 0 Å². The molecule has 2 unspecified atom stereocenters. The van der Waals surface area contributed by atoms with E-state index in [2.05, 4.69) is 10.2 Å². The second-order valence-corrected chi connectivity index (χ2v) is 7.32. The van der Waals surface area contributed by atoms with Crippen LogP contribution in [0.5, 0.6) is 0 Å². The fraction of sp³-hybridized carbons (Fsp3) is 0.600. The number of piperidine rings is 2. The number of nitrogens with zero attached hydrogens (tertiary/aromatic N) is 2. The number of benzene rings is 1. The van der Waals surface area contributed by atoms with Gasteiger partial charge in [0.25, 0.3) is 5.91 Å². The predicted octanol–water partition coefficient (Wildman–Crippen LogP) is 2.14. The van der Waals surface area contributed by atoms with E-state index >= 15 is 0 Å². The lowest BCUT2D eigenvalue weighted by molar-refractivity contribution is -0.130. The van der Waals surface area contributed by atoms with Gasteiger partial charge in [0.15, 0.2) is 0 Å². The topological polar surface area (TPSA) is 52.6 Å². The molecule has 0 bridgehead atoms. The van der Waals surface area contributed by atoms with E-state index in [1.165, 1.54) is 45.2 Å². The Bertz CT molecular complexity index is 588. The molecule has 2 amide bonds. The van der Waals surface area contributed by atoms with Crippen LogP contribution in [0.1, 0.15) is 42.5 Å². The van der Waals surface area contributed by atoms with Crippen LogP contribution in [-0.4, -0.2) is 60.9 Å². The summed E-state index contributed by atoms with van der Waals surface area (Å²) in [6.45, 7) is 3.28. The minimum atomic E-state index is -0.196. The quantitative estimate of drug-likeness (QED) is 0.891. The van der Waals surface area contributed by atoms with E-state index in [1.54, 1.807) is 17.0 Å². The Balaban J connectivity index is 1.48. The molecule has 2 aliphatic rings. The standard InChI is InChI=1S/C20H29N3O2/c1-22(15-17-10-7-13-23-12-6-5-11-18(17)23)19(24)14-21-20(25)16-8-3-2-4-9-16/h2-4,8-9,17-18H,5-7,10-15H2,1H3,(H,21,25). The van der Waals surface area contributed by atoms with Crippen LogP contribution in [0.15, 0.2) is 30.3 Å². The first-order chi connectivity index (χ1) is 12.1. The maximum Gasteiger partial charge on any atom is 0.251 e. The molecule has 2 fully saturated rings. The van der Waals surface area contributed by atoms with Crippen molar-refractivity contribution in [3.63, 3.8) is 0 Å². The Morgan fingerprint density at radius 3 is 2.68 bits per heavy atom. The van der Waals surface area contributed by atoms with Crippen LogP contribution in [0.2, 0.25) is 0 Å². The van der Waals surface area contributed by atoms with E-state index in [0.717, 1.165) is 6.54 Å². The predicted molar refractivity (Wildman–Crippen MR) is 98.3 cm³/mol. The lowest BCUT2D eigenvalue weighted by Crippen LogP contribution is -2.51. The molecule has 0 radical (unpaired) electrons. The maximum atomic E-state index is 12.4. The first kappa shape index (κ1) is 17.9. The summed E-state index contributed by atoms with van der Waals surface area (Å²) in [7, 11) is 1.86. The molecule has 1 N–H and O–H groups in total. The highest BCUT2D eigenvalue weighted by molar-refractivity contribution is 5.96. The summed E-state index contributed by atoms with van der Waals surface area (Å²) < 4.78 is 0. The van der Waals surface area contributed by atoms with Gasteiger partial charge in [-0.05, 0) is 56.8 Å². The van der Waals surface area contributed by atoms with E-state index in [0.29, 0.717) is 17.5 Å². The molecule has 1 aromatic rings. The molecule has 1 aromatic carbocycles. The monoisotopic (exact) mass is 343 g/mol. The summed E-state index contributed by atoms with van der Waals surface area (Å²) in [6, 6.07) is 9.65. The Morgan fingerprint density at radius 2 is 1.88 bits per heavy atom. The molecule has 25 heavy (non-hydrogen) atoms. The van der Waals surface area contributed by atoms with Gasteiger partial charge in [-0.2, -0.15) is 0 Å². The molecule has 2 saturated heterocycles. The Kier molecular flexibility index (Phi) is 6.08. The lowest BCUT2D eigenvalue weighted by Gasteiger charge is -2.45. The minimum Gasteiger partial charge on any atom is -0.344 e. The zero-order valence-corrected chi connectivity index (χ0v) is 15.1. The summed E-state index contributed by atoms with van der Waals surface area (Å²) in [5, 5.41) is 2.73. The molecule has 2 atom stereocenters. The van der Waals surface area contributed by atoms with Gasteiger partial charge < -0.3 is 15.1 Å². The SMILES string of the molecule is CN(CC1CCCN2CCCCC12)C(=O)CNC(=O)c1ccccc1. The van der Waals surface area contributed by atoms with Crippen molar-refractivity contribution in [3.8, 4) is 0 Å². The third kappa shape index (κ3) is 4.60. The van der Waals surface area contributed by atoms with E-state index in [-0.39, 0.29) is 18.4 Å². The number of hydrogen-bond acceptors (Lipinski definition) is 3. The van der Waals surface area contributed by atoms with Gasteiger partial charge in [0.1, 0.15) is 0 Å². The molecule has 0 aliphatic carbocycles. The van der Waals surface area contributed by atoms with Crippen molar-refractivity contribution in [1.29, 1.82) is 0 Å². The lowest BCUT2D eigenvalue weighted by atomic mass is 9.83. The van der Waals surface area contributed by atoms with E-state index in [4.69, 9.17) is 0 Å². The molecule has 5 nitrogen and oxygen atoms in total. The number of rotatable bonds is 5. The average molecular weight is 343 g/mol. The van der Waals surface area contributed by atoms with Gasteiger partial charge in [0, 0.05) is 25.2 Å². The van der Waals surface area contributed by atoms with Crippen molar-refractivity contribution in [2.24, 2.45) is 5.92 Å². The third-order valence-corrected chi connectivity index (χ3v) is 5.60. The summed E-state index contributed by atoms with van der Waals surface area (Å²) in [6.07, 6.45) is 6.31. The fourth-order valence-corrected chi connectivity index (χ4v) is 4.23. The largest absolute Gasteiger partial charge is 0.344 e. The van der Waals surface area contributed by atoms with E-state index < -0.39 is 0 Å². The second-order valence-electron chi connectivity index (χ2n) is 7.32. The van der Waals surface area contributed by atoms with Crippen molar-refractivity contribution in [3.05, 3.63) is 35.9 Å². The molecule has 5 heteroatoms. The molecular weight excluding hydrogens is 314 g/mol. The van der Waals surface area contributed by atoms with Crippen molar-refractivity contribution in [2.45, 2.75) is 38.1 Å². The van der Waals surface area contributed by atoms with Gasteiger partial charge >= 0.3 is 0 Å². The van der Waals surface area contributed by atoms with Gasteiger partial charge in [-0.3, -0.25) is 9.59 Å². The molecule has 2 heterocycles. The third-order valence-electron chi connectivity index (χ3n) is 5.60. The molecule has 0 saturated carbocycles. The summed E-state index contributed by atoms with van der Waals surface area (Å²) in [4.78, 5) is 28.9. The molecule has 0 spiro atoms. The first-order valence-corrected chi connectivity index (χ1v) is 9.46. The Hall–Kier alpha value is -1.88. The highest BCUT2D eigenvalue weighted by Crippen LogP contribution is 2.31. The number of likely N-dealkylation sites (N-methyl/N-ethyl adjacent to an activating group) is 1. The fourth-order valence-electron chi connectivity index (χ4n) is 4.23. The van der Waals surface area contributed by atoms with Crippen molar-refractivity contribution in [2.75, 3.05) is 33.2 Å². The highest BCUT2D eigenvalue weighted by atomic mass is 16.2. The molecule has 3 rings (SSSR count). The number of hydrogen-bond donors (Lipinski definition) is 1. The van der Waals surface area contributed by atoms with Gasteiger partial charge in [-0.15, -0.1) is 0 Å². The van der Waals surface area contributed by atoms with Crippen LogP contribution in [0, 0.1) is 5.92 Å². The highest BCUT2D eigenvalue weighted by Gasteiger charge is 2.33. The Labute approximate surface area is 150 Å². The van der Waals surface area contributed by atoms with Crippen molar-refractivity contribution < 1.29 is 9.59 Å². The van der Waals surface area contributed by atoms with Gasteiger partial charge in [0.05, 0.1) is 6.54 Å². The number of nitrogens with one attached hydrogen (secondary N) is 1. The van der Waals surface area contributed by atoms with Gasteiger partial charge in [0.2, 0.25) is 5.91 Å². The van der Waals surface area contributed by atoms with Crippen LogP contribution in [-0.2, 0) is 4.79 Å². The van der Waals surface area contributed by atoms with Crippen LogP contribution in [0.3, 0.4) is 0 Å². The van der Waals surface area contributed by atoms with Crippen molar-refractivity contribution >= 4 is 11.8 Å². The number of carbonyl (C=O) groups is 2. The van der Waals surface area contributed by atoms with Crippen LogP contribution < -0.4 is 5.32 Å². The average Bonchev–Trinajstić information content (AvgIpc) is 2.66. The van der Waals surface area contributed by atoms with Crippen LogP contribution in [0.25, 0.3) is 0 Å². The number of amides is 2. The zero-order chi connectivity index (χ0) is 17.6. The summed E-state index contributed by atoms with van der Waals surface area (Å²) >= 11 is 0. The maximum absolute atomic E-state index is 12.4. The van der Waals surface area contributed by atoms with Gasteiger partial charge in [-0.1, -0.05) is 24.6 Å². The number of carbonyl (C=O) groups excluding carboxylic acids is 2. The molecule has 2 aliphatic heterocycles. The van der Waals surface area contributed by atoms with E-state index in [9.17, 15) is 9.59 Å². The van der Waals surface area contributed by atoms with Crippen LogP contribution >= 0.6 is 0 Å². The minimum absolute atomic E-state index is 0.0165. The Morgan fingerprint density at radius 1 is 1.12 bits per heavy atom. The zero-order valence-electron chi connectivity index (χ0n) is 15.1. The van der Waals surface area contributed by atoms with E-state index in [1.807, 2.05) is 25.2 Å². The molecule has 0 aromatic heterocycles. The number of fused-ring (bicyclic) bond motifs is 1.